The molecule has 9 heterocycles. The van der Waals surface area contributed by atoms with Crippen molar-refractivity contribution in [2.24, 2.45) is 0 Å². The molecule has 680 valence electrons. The molecule has 0 aromatic heterocycles. The van der Waals surface area contributed by atoms with Gasteiger partial charge in [0.2, 0.25) is 35.4 Å². The summed E-state index contributed by atoms with van der Waals surface area (Å²) in [7, 11) is 0. The topological polar surface area (TPSA) is 797 Å². The zero-order chi connectivity index (χ0) is 87.1. The highest BCUT2D eigenvalue weighted by Crippen LogP contribution is 2.41. The van der Waals surface area contributed by atoms with Crippen LogP contribution >= 0.6 is 0 Å². The Morgan fingerprint density at radius 2 is 0.458 bits per heavy atom. The molecule has 52 nitrogen and oxygen atoms in total. The number of aliphatic hydroxyl groups excluding tert-OH is 23. The molecule has 9 aliphatic rings. The van der Waals surface area contributed by atoms with E-state index in [1.54, 1.807) is 0 Å². The highest BCUT2D eigenvalue weighted by atomic mass is 16.8. The maximum atomic E-state index is 13.3. The molecule has 0 radical (unpaired) electrons. The second kappa shape index (κ2) is 42.7. The summed E-state index contributed by atoms with van der Waals surface area (Å²) in [6, 6.07) is -11.0. The predicted molar refractivity (Wildman–Crippen MR) is 367 cm³/mol. The molecule has 45 atom stereocenters. The van der Waals surface area contributed by atoms with Crippen molar-refractivity contribution >= 4 is 35.4 Å². The monoisotopic (exact) mass is 1720 g/mol. The first-order valence-corrected chi connectivity index (χ1v) is 37.6. The minimum Gasteiger partial charge on any atom is -0.394 e. The van der Waals surface area contributed by atoms with Gasteiger partial charge < -0.3 is 230 Å². The molecule has 29 N–H and O–H groups in total. The highest BCUT2D eigenvalue weighted by molar-refractivity contribution is 5.75. The first kappa shape index (κ1) is 97.0. The quantitative estimate of drug-likeness (QED) is 0.0306. The van der Waals surface area contributed by atoms with E-state index in [2.05, 4.69) is 31.9 Å². The van der Waals surface area contributed by atoms with Gasteiger partial charge in [0.1, 0.15) is 219 Å². The Balaban J connectivity index is 1.13. The number of ether oxygens (including phenoxy) is 17. The van der Waals surface area contributed by atoms with Gasteiger partial charge in [-0.15, -0.1) is 0 Å². The molecule has 9 saturated heterocycles. The lowest BCUT2D eigenvalue weighted by molar-refractivity contribution is -0.404. The summed E-state index contributed by atoms with van der Waals surface area (Å²) in [5, 5.41) is 274. The number of rotatable bonds is 31. The molecule has 52 heteroatoms. The second-order valence-corrected chi connectivity index (χ2v) is 29.6. The Bertz CT molecular complexity index is 3230. The van der Waals surface area contributed by atoms with Gasteiger partial charge in [0, 0.05) is 41.5 Å². The Morgan fingerprint density at radius 1 is 0.220 bits per heavy atom. The summed E-state index contributed by atoms with van der Waals surface area (Å²) in [6.45, 7) is -4.32. The summed E-state index contributed by atoms with van der Waals surface area (Å²) in [6.07, 6.45) is -82.3. The predicted octanol–water partition coefficient (Wildman–Crippen LogP) is -19.8. The second-order valence-electron chi connectivity index (χ2n) is 29.6. The Morgan fingerprint density at radius 3 is 0.797 bits per heavy atom. The number of nitrogens with one attached hydrogen (secondary N) is 6. The average Bonchev–Trinajstić information content (AvgIpc) is 0.737. The van der Waals surface area contributed by atoms with Crippen LogP contribution in [0.3, 0.4) is 0 Å². The van der Waals surface area contributed by atoms with Crippen molar-refractivity contribution in [1.82, 2.24) is 31.9 Å². The van der Waals surface area contributed by atoms with Crippen molar-refractivity contribution in [3.8, 4) is 0 Å². The molecule has 9 aliphatic heterocycles. The van der Waals surface area contributed by atoms with E-state index in [0.717, 1.165) is 41.5 Å². The van der Waals surface area contributed by atoms with Crippen molar-refractivity contribution in [1.29, 1.82) is 0 Å². The van der Waals surface area contributed by atoms with Gasteiger partial charge in [0.15, 0.2) is 56.6 Å². The van der Waals surface area contributed by atoms with Gasteiger partial charge in [-0.2, -0.15) is 0 Å². The molecule has 9 rings (SSSR count). The van der Waals surface area contributed by atoms with Gasteiger partial charge in [-0.1, -0.05) is 0 Å². The van der Waals surface area contributed by atoms with Gasteiger partial charge in [-0.05, 0) is 0 Å². The first-order valence-electron chi connectivity index (χ1n) is 37.6. The normalized spacial score (nSPS) is 46.9. The van der Waals surface area contributed by atoms with Crippen molar-refractivity contribution in [2.45, 2.75) is 318 Å². The molecule has 0 aromatic carbocycles. The fourth-order valence-corrected chi connectivity index (χ4v) is 15.3. The third-order valence-electron chi connectivity index (χ3n) is 21.2. The average molecular weight is 1720 g/mol. The molecule has 1 unspecified atom stereocenters. The summed E-state index contributed by atoms with van der Waals surface area (Å²) in [4.78, 5) is 76.3. The molecular formula is C66H110N6O46. The van der Waals surface area contributed by atoms with Gasteiger partial charge in [-0.25, -0.2) is 0 Å². The van der Waals surface area contributed by atoms with Crippen LogP contribution in [0.1, 0.15) is 41.5 Å². The number of hydrogen-bond donors (Lipinski definition) is 29. The fourth-order valence-electron chi connectivity index (χ4n) is 15.3. The van der Waals surface area contributed by atoms with Crippen molar-refractivity contribution in [3.05, 3.63) is 0 Å². The number of carbonyl (C=O) groups excluding carboxylic acids is 6. The standard InChI is InChI=1S/C66H110N6O46/c1-16(81)67-31-45(95)51(26(11-77)103-58(31)101)112-62-35(71-20(5)85)47(97)53(28(13-79)108-62)115-64-50(100)55(41(91)30(111-64)15-102-65-56(48(98)40(90)25(10-76)107-65)117-61-34(70-19(4)84)44(94)39(89)24(9-75)106-61)116-66-57(49(99)54(29(14-80)110-66)114-60-33(69-18(3)83)43(93)38(88)23(8-74)105-60)118-63-36(72-21(6)86)46(96)52(27(12-78)109-63)113-59-32(68-17(2)82)42(92)37(87)22(7-73)104-59/h22-66,73-80,87-101H,7-15H2,1-6H3,(H,67,81)(H,68,82)(H,69,83)(H,70,84)(H,71,85)(H,72,86)/t22-,23-,24-,25-,26-,27-,28-,29-,30-,31-,32-,33-,34-,35-,36-,37+,38-,39-,40-,41-,42-,43-,44-,45-,46-,47-,48+,49+,50+,51-,52-,53-,54-,55+,56+,57+,58?,59+,60+,61+,62+,63+,64+,65+,66-/m1/s1. The molecular weight excluding hydrogens is 1610 g/mol. The lowest BCUT2D eigenvalue weighted by Gasteiger charge is -2.52. The largest absolute Gasteiger partial charge is 0.394 e. The van der Waals surface area contributed by atoms with E-state index in [0.29, 0.717) is 0 Å². The molecule has 0 aromatic rings. The van der Waals surface area contributed by atoms with E-state index in [4.69, 9.17) is 80.5 Å². The van der Waals surface area contributed by atoms with Crippen molar-refractivity contribution < 1.29 is 227 Å². The number of carbonyl (C=O) groups is 6. The molecule has 0 bridgehead atoms. The smallest absolute Gasteiger partial charge is 0.217 e. The van der Waals surface area contributed by atoms with Crippen LogP contribution in [0.5, 0.6) is 0 Å². The summed E-state index contributed by atoms with van der Waals surface area (Å²) in [5.74, 6) is -5.37. The van der Waals surface area contributed by atoms with Crippen LogP contribution in [-0.2, 0) is 109 Å². The van der Waals surface area contributed by atoms with Crippen molar-refractivity contribution in [3.63, 3.8) is 0 Å². The molecule has 0 spiro atoms. The zero-order valence-electron chi connectivity index (χ0n) is 64.0. The molecule has 9 fully saturated rings. The van der Waals surface area contributed by atoms with E-state index in [1.165, 1.54) is 0 Å². The lowest BCUT2D eigenvalue weighted by atomic mass is 9.93. The molecule has 6 amide bonds. The van der Waals surface area contributed by atoms with E-state index in [-0.39, 0.29) is 0 Å². The summed E-state index contributed by atoms with van der Waals surface area (Å²) in [5.41, 5.74) is 0. The maximum absolute atomic E-state index is 13.3. The number of aliphatic hydroxyl groups is 23. The Hall–Kier alpha value is -4.78. The molecule has 0 saturated carbocycles. The molecule has 118 heavy (non-hydrogen) atoms. The Labute approximate surface area is 669 Å². The SMILES string of the molecule is CC(=O)N[C@H]1[C@H](O[C@H]2[C@H](O)[C@@H](NC(C)=O)C(O)O[C@@H]2CO)O[C@H](CO)[C@@H](O[C@@H]2O[C@H](CO[C@H]3O[C@H](CO)[C@@H](O)[C@H](O)[C@@H]3O[C@@H]3O[C@H](CO)[C@@H](O)[C@H](O)[C@H]3NC(C)=O)[C@@H](O)[C@H](O[C@H]3O[C@H](CO)[C@@H](O[C@@H]4O[C@H](CO)[C@@H](O)[C@H](O)[C@H]4NC(C)=O)[C@H](O)[C@@H]3O[C@@H]3O[C@H](CO)[C@@H](O[C@@H]4O[C@H](CO)[C@H](O)[C@H](O)[C@H]4NC(C)=O)[C@H](O)[C@H]3NC(C)=O)[C@@H]2O)[C@@H]1O. The van der Waals surface area contributed by atoms with E-state index >= 15 is 0 Å². The Kier molecular flexibility index (Phi) is 35.1. The van der Waals surface area contributed by atoms with Crippen molar-refractivity contribution in [2.75, 3.05) is 59.5 Å². The summed E-state index contributed by atoms with van der Waals surface area (Å²) >= 11 is 0. The maximum Gasteiger partial charge on any atom is 0.217 e. The molecule has 0 aliphatic carbocycles. The van der Waals surface area contributed by atoms with Crippen LogP contribution in [0.25, 0.3) is 0 Å². The number of amides is 6. The minimum atomic E-state index is -2.65. The van der Waals surface area contributed by atoms with Crippen LogP contribution in [-0.4, -0.2) is 488 Å². The van der Waals surface area contributed by atoms with Crippen LogP contribution in [0.2, 0.25) is 0 Å². The van der Waals surface area contributed by atoms with Gasteiger partial charge in [0.25, 0.3) is 0 Å². The lowest BCUT2D eigenvalue weighted by Crippen LogP contribution is -2.71. The third-order valence-corrected chi connectivity index (χ3v) is 21.2. The van der Waals surface area contributed by atoms with Gasteiger partial charge in [-0.3, -0.25) is 28.8 Å². The first-order chi connectivity index (χ1) is 55.8. The number of hydrogen-bond acceptors (Lipinski definition) is 46. The van der Waals surface area contributed by atoms with Gasteiger partial charge >= 0.3 is 0 Å². The van der Waals surface area contributed by atoms with Gasteiger partial charge in [0.05, 0.1) is 59.5 Å². The fraction of sp³-hybridized carbons (Fsp3) is 0.909. The van der Waals surface area contributed by atoms with E-state index in [1.807, 2.05) is 0 Å². The van der Waals surface area contributed by atoms with E-state index < -0.39 is 371 Å². The summed E-state index contributed by atoms with van der Waals surface area (Å²) < 4.78 is 103. The van der Waals surface area contributed by atoms with Crippen LogP contribution < -0.4 is 31.9 Å². The minimum absolute atomic E-state index is 0.798. The van der Waals surface area contributed by atoms with Crippen LogP contribution in [0, 0.1) is 0 Å². The van der Waals surface area contributed by atoms with Crippen LogP contribution in [0.15, 0.2) is 0 Å². The van der Waals surface area contributed by atoms with Crippen LogP contribution in [0.4, 0.5) is 0 Å². The third kappa shape index (κ3) is 21.9. The highest BCUT2D eigenvalue weighted by Gasteiger charge is 2.62. The van der Waals surface area contributed by atoms with E-state index in [9.17, 15) is 146 Å². The zero-order valence-corrected chi connectivity index (χ0v) is 64.0.